The Morgan fingerprint density at radius 2 is 0.701 bits per heavy atom. The largest absolute Gasteiger partial charge is 0.394 e. The van der Waals surface area contributed by atoms with Crippen LogP contribution < -0.4 is 75.3 Å². The molecule has 0 spiro atoms. The van der Waals surface area contributed by atoms with Gasteiger partial charge in [0.05, 0.1) is 6.61 Å². The van der Waals surface area contributed by atoms with Crippen LogP contribution in [0.3, 0.4) is 0 Å². The quantitative estimate of drug-likeness (QED) is 0.0497. The molecule has 4 heterocycles. The van der Waals surface area contributed by atoms with Gasteiger partial charge in [-0.3, -0.25) is 67.1 Å². The Hall–Kier alpha value is -10.3. The van der Waals surface area contributed by atoms with E-state index >= 15 is 24.0 Å². The number of aliphatic hydroxyl groups excluding tert-OH is 1. The van der Waals surface area contributed by atoms with Crippen molar-refractivity contribution in [2.75, 3.05) is 32.8 Å². The SMILES string of the molecule is CC(C)C[C@@H]1NC(=O)[C@@H]2CCCN2C(=O)C2CCCN2C(=O)[C@H](Cc2c[nH]c3ccccc23)NC(=O)[C@H](CCCCN)NC(=O)[C@H](C(C)C)NC(=O)[C@H](C(C)C)NC(=O)[C@H](Cc2ccccc2)NC(=O)[C@H](Cc2ccccc2)NC(=O)[C@H](C(C)C)NC(=O)[C@H](C(C)C)NC(=O)[C@H](CCCCN)NC(=O)[C@H](C(C)C)NC(=O)[C@H](CO)NC1=O. The van der Waals surface area contributed by atoms with Crippen LogP contribution in [0, 0.1) is 35.5 Å². The van der Waals surface area contributed by atoms with Crippen LogP contribution in [0.2, 0.25) is 0 Å². The highest BCUT2D eigenvalue weighted by molar-refractivity contribution is 6.02. The van der Waals surface area contributed by atoms with Gasteiger partial charge in [-0.05, 0) is 142 Å². The summed E-state index contributed by atoms with van der Waals surface area (Å²) >= 11 is 0. The van der Waals surface area contributed by atoms with Crippen LogP contribution in [-0.4, -0.2) is 220 Å². The van der Waals surface area contributed by atoms with Crippen molar-refractivity contribution in [3.05, 3.63) is 108 Å². The second-order valence-electron chi connectivity index (χ2n) is 33.3. The number of nitrogens with two attached hydrogens (primary N) is 2. The summed E-state index contributed by atoms with van der Waals surface area (Å²) in [7, 11) is 0. The van der Waals surface area contributed by atoms with Crippen molar-refractivity contribution in [1.82, 2.24) is 78.6 Å². The fourth-order valence-electron chi connectivity index (χ4n) is 15.0. The number of nitrogens with zero attached hydrogens (tertiary/aromatic N) is 2. The zero-order valence-corrected chi connectivity index (χ0v) is 69.9. The average Bonchev–Trinajstić information content (AvgIpc) is 1.66. The van der Waals surface area contributed by atoms with E-state index in [4.69, 9.17) is 11.5 Å². The number of aromatic nitrogens is 1. The summed E-state index contributed by atoms with van der Waals surface area (Å²) in [6.45, 7) is 19.9. The van der Waals surface area contributed by atoms with Gasteiger partial charge in [0.2, 0.25) is 82.7 Å². The minimum Gasteiger partial charge on any atom is -0.394 e. The normalized spacial score (nSPS) is 25.9. The van der Waals surface area contributed by atoms with Crippen LogP contribution in [0.1, 0.15) is 170 Å². The van der Waals surface area contributed by atoms with E-state index in [1.807, 2.05) is 24.3 Å². The van der Waals surface area contributed by atoms with Crippen molar-refractivity contribution < 1.29 is 72.2 Å². The maximum atomic E-state index is 15.5. The fourth-order valence-corrected chi connectivity index (χ4v) is 15.0. The summed E-state index contributed by atoms with van der Waals surface area (Å²) in [6, 6.07) is 5.95. The summed E-state index contributed by atoms with van der Waals surface area (Å²) < 4.78 is 0. The van der Waals surface area contributed by atoms with E-state index in [0.29, 0.717) is 55.2 Å². The van der Waals surface area contributed by atoms with E-state index in [9.17, 15) is 48.3 Å². The molecule has 1 aromatic heterocycles. The van der Waals surface area contributed by atoms with Crippen LogP contribution in [-0.2, 0) is 86.4 Å². The topological polar surface area (TPSA) is 478 Å². The van der Waals surface area contributed by atoms with Gasteiger partial charge in [-0.25, -0.2) is 0 Å². The molecule has 3 aliphatic rings. The number of unbranched alkanes of at least 4 members (excludes halogenated alkanes) is 2. The molecule has 0 aliphatic carbocycles. The summed E-state index contributed by atoms with van der Waals surface area (Å²) in [4.78, 5) is 214. The molecule has 3 fully saturated rings. The monoisotopic (exact) mass is 1630 g/mol. The van der Waals surface area contributed by atoms with Gasteiger partial charge < -0.3 is 95.2 Å². The highest BCUT2D eigenvalue weighted by Crippen LogP contribution is 2.29. The number of amides is 14. The van der Waals surface area contributed by atoms with Gasteiger partial charge in [0.1, 0.15) is 84.6 Å². The number of nitrogens with one attached hydrogen (secondary N) is 13. The van der Waals surface area contributed by atoms with Crippen molar-refractivity contribution in [1.29, 1.82) is 0 Å². The molecule has 32 nitrogen and oxygen atoms in total. The number of rotatable bonds is 22. The van der Waals surface area contributed by atoms with Crippen molar-refractivity contribution in [3.8, 4) is 0 Å². The van der Waals surface area contributed by atoms with Crippen LogP contribution >= 0.6 is 0 Å². The summed E-state index contributed by atoms with van der Waals surface area (Å²) in [5, 5.41) is 45.0. The van der Waals surface area contributed by atoms with Crippen LogP contribution in [0.4, 0.5) is 0 Å². The Morgan fingerprint density at radius 3 is 1.15 bits per heavy atom. The Kier molecular flexibility index (Phi) is 36.4. The molecule has 1 unspecified atom stereocenters. The number of hydrogen-bond acceptors (Lipinski definition) is 17. The molecule has 117 heavy (non-hydrogen) atoms. The predicted molar refractivity (Wildman–Crippen MR) is 441 cm³/mol. The van der Waals surface area contributed by atoms with Crippen molar-refractivity contribution in [2.45, 2.75) is 258 Å². The number of carbonyl (C=O) groups excluding carboxylic acids is 14. The zero-order valence-electron chi connectivity index (χ0n) is 69.9. The van der Waals surface area contributed by atoms with Crippen LogP contribution in [0.5, 0.6) is 0 Å². The number of fused-ring (bicyclic) bond motifs is 3. The summed E-state index contributed by atoms with van der Waals surface area (Å²) in [5.74, 6) is -14.4. The van der Waals surface area contributed by atoms with E-state index < -0.39 is 203 Å². The number of benzene rings is 3. The third-order valence-corrected chi connectivity index (χ3v) is 21.8. The van der Waals surface area contributed by atoms with Gasteiger partial charge in [-0.15, -0.1) is 0 Å². The van der Waals surface area contributed by atoms with Crippen molar-refractivity contribution in [3.63, 3.8) is 0 Å². The first-order valence-electron chi connectivity index (χ1n) is 41.6. The molecule has 18 N–H and O–H groups in total. The maximum absolute atomic E-state index is 15.5. The fraction of sp³-hybridized carbons (Fsp3) is 0.600. The molecule has 0 bridgehead atoms. The molecular weight excluding hydrogens is 1500 g/mol. The Morgan fingerprint density at radius 1 is 0.359 bits per heavy atom. The number of para-hydroxylation sites is 1. The molecule has 4 aromatic rings. The lowest BCUT2D eigenvalue weighted by Gasteiger charge is -2.34. The Balaban J connectivity index is 1.28. The first-order chi connectivity index (χ1) is 55.7. The number of aromatic amines is 1. The molecule has 3 aromatic carbocycles. The average molecular weight is 1630 g/mol. The van der Waals surface area contributed by atoms with Gasteiger partial charge in [-0.2, -0.15) is 0 Å². The Bertz CT molecular complexity index is 4040. The lowest BCUT2D eigenvalue weighted by Crippen LogP contribution is -2.63. The van der Waals surface area contributed by atoms with Gasteiger partial charge in [0.25, 0.3) is 0 Å². The lowest BCUT2D eigenvalue weighted by atomic mass is 9.97. The first-order valence-corrected chi connectivity index (χ1v) is 41.6. The third kappa shape index (κ3) is 26.8. The molecule has 7 rings (SSSR count). The molecule has 0 radical (unpaired) electrons. The minimum atomic E-state index is -1.69. The summed E-state index contributed by atoms with van der Waals surface area (Å²) in [6.07, 6.45) is 4.11. The number of hydrogen-bond donors (Lipinski definition) is 16. The van der Waals surface area contributed by atoms with Gasteiger partial charge in [-0.1, -0.05) is 162 Å². The Labute approximate surface area is 686 Å². The molecule has 14 atom stereocenters. The zero-order chi connectivity index (χ0) is 85.9. The second kappa shape index (κ2) is 45.4. The first kappa shape index (κ1) is 93.8. The van der Waals surface area contributed by atoms with E-state index in [1.165, 1.54) is 9.80 Å². The van der Waals surface area contributed by atoms with Crippen molar-refractivity contribution in [2.24, 2.45) is 47.0 Å². The van der Waals surface area contributed by atoms with Gasteiger partial charge in [0, 0.05) is 49.5 Å². The van der Waals surface area contributed by atoms with E-state index in [2.05, 4.69) is 68.8 Å². The predicted octanol–water partition coefficient (Wildman–Crippen LogP) is 1.59. The molecule has 14 amide bonds. The third-order valence-electron chi connectivity index (χ3n) is 21.8. The second-order valence-corrected chi connectivity index (χ2v) is 33.3. The molecular formula is C85H127N17O15. The molecule has 32 heteroatoms. The lowest BCUT2D eigenvalue weighted by molar-refractivity contribution is -0.148. The van der Waals surface area contributed by atoms with Gasteiger partial charge in [0.15, 0.2) is 0 Å². The maximum Gasteiger partial charge on any atom is 0.246 e. The number of aliphatic hydroxyl groups is 1. The molecule has 642 valence electrons. The van der Waals surface area contributed by atoms with Crippen LogP contribution in [0.15, 0.2) is 91.1 Å². The number of H-pyrrole nitrogens is 1. The number of carbonyl (C=O) groups is 14. The highest BCUT2D eigenvalue weighted by Gasteiger charge is 2.46. The molecule has 3 saturated heterocycles. The van der Waals surface area contributed by atoms with E-state index in [0.717, 1.165) is 10.9 Å². The molecule has 3 aliphatic heterocycles. The van der Waals surface area contributed by atoms with Gasteiger partial charge >= 0.3 is 0 Å². The smallest absolute Gasteiger partial charge is 0.246 e. The molecule has 0 saturated carbocycles. The van der Waals surface area contributed by atoms with E-state index in [-0.39, 0.29) is 83.5 Å². The minimum absolute atomic E-state index is 0.0114. The summed E-state index contributed by atoms with van der Waals surface area (Å²) in [5.41, 5.74) is 14.5. The highest BCUT2D eigenvalue weighted by atomic mass is 16.3. The van der Waals surface area contributed by atoms with Crippen molar-refractivity contribution >= 4 is 93.6 Å². The van der Waals surface area contributed by atoms with E-state index in [1.54, 1.807) is 150 Å². The van der Waals surface area contributed by atoms with Crippen LogP contribution in [0.25, 0.3) is 10.9 Å². The standard InChI is InChI=1S/C85H127N17O15/c1-47(2)41-60-74(106)95-64(46-103)77(109)98-67(48(3)4)79(111)90-59(34-22-24-38-87)73(105)96-70(51(9)10)82(114)100-69(50(7)8)81(113)93-61(42-53-27-15-13-16-28-53)75(107)91-62(43-54-29-17-14-18-30-54)76(108)97-71(52(11)12)83(115)99-68(49(5)6)80(112)89-58(33-21-23-37-86)72(104)94-63(44-55-45-88-57-32-20-19-31-56(55)57)84(116)102-40-26-36-66(102)85(117)101-39-25-35-65(101)78(110)92-60/h13-20,27-32,45,47-52,58-71,88,103H,21-26,33-44,46,86-87H2,1-12H3,(H,89,112)(H,90,111)(H,91,107)(H,92,110)(H,93,113)(H,94,104)(H,95,106)(H,96,105)(H,97,108)(H,98,109)(H,99,115)(H,100,114)/t58-,59-,60-,61-,62-,63-,64-,65-,66?,67-,68-,69-,70-,71-/m0/s1.